The first kappa shape index (κ1) is 15.2. The molecular formula is C11H8F3N3O3S. The first-order valence-electron chi connectivity index (χ1n) is 5.43. The van der Waals surface area contributed by atoms with Crippen LogP contribution in [-0.2, 0) is 16.0 Å². The van der Waals surface area contributed by atoms with Gasteiger partial charge in [-0.25, -0.2) is 18.4 Å². The molecule has 0 atom stereocenters. The van der Waals surface area contributed by atoms with Crippen molar-refractivity contribution in [2.45, 2.75) is 11.3 Å². The summed E-state index contributed by atoms with van der Waals surface area (Å²) >= 11 is 0. The third-order valence-electron chi connectivity index (χ3n) is 2.38. The number of halogens is 3. The number of hydrogen-bond acceptors (Lipinski definition) is 5. The lowest BCUT2D eigenvalue weighted by atomic mass is 10.3. The van der Waals surface area contributed by atoms with Crippen molar-refractivity contribution in [1.29, 1.82) is 0 Å². The fourth-order valence-corrected chi connectivity index (χ4v) is 1.99. The molecule has 0 aliphatic rings. The van der Waals surface area contributed by atoms with E-state index in [1.165, 1.54) is 18.3 Å². The lowest BCUT2D eigenvalue weighted by Crippen LogP contribution is -2.21. The van der Waals surface area contributed by atoms with Crippen LogP contribution < -0.4 is 5.56 Å². The van der Waals surface area contributed by atoms with Gasteiger partial charge in [-0.15, -0.1) is 0 Å². The lowest BCUT2D eigenvalue weighted by Gasteiger charge is -2.10. The number of nitrogens with zero attached hydrogens (tertiary/aromatic N) is 3. The number of alkyl halides is 3. The van der Waals surface area contributed by atoms with E-state index in [1.54, 1.807) is 0 Å². The Morgan fingerprint density at radius 3 is 2.38 bits per heavy atom. The van der Waals surface area contributed by atoms with Crippen LogP contribution in [0.3, 0.4) is 0 Å². The molecule has 2 aromatic heterocycles. The molecule has 2 rings (SSSR count). The SMILES string of the molecule is CS(=O)(=O)c1nc(-n2ccccc2=O)cc(C(F)(F)F)n1. The zero-order chi connectivity index (χ0) is 15.8. The Morgan fingerprint density at radius 2 is 1.86 bits per heavy atom. The highest BCUT2D eigenvalue weighted by Crippen LogP contribution is 2.28. The standard InChI is InChI=1S/C11H8F3N3O3S/c1-21(19,20)10-15-7(11(12,13)14)6-8(16-10)17-5-3-2-4-9(17)18/h2-6H,1H3. The zero-order valence-corrected chi connectivity index (χ0v) is 11.3. The molecule has 2 heterocycles. The van der Waals surface area contributed by atoms with E-state index in [4.69, 9.17) is 0 Å². The Morgan fingerprint density at radius 1 is 1.19 bits per heavy atom. The molecule has 0 bridgehead atoms. The van der Waals surface area contributed by atoms with Gasteiger partial charge in [-0.3, -0.25) is 9.36 Å². The van der Waals surface area contributed by atoms with Gasteiger partial charge >= 0.3 is 6.18 Å². The molecule has 0 saturated carbocycles. The molecule has 0 aliphatic heterocycles. The van der Waals surface area contributed by atoms with Crippen molar-refractivity contribution in [3.63, 3.8) is 0 Å². The van der Waals surface area contributed by atoms with Gasteiger partial charge < -0.3 is 0 Å². The van der Waals surface area contributed by atoms with E-state index in [-0.39, 0.29) is 0 Å². The van der Waals surface area contributed by atoms with Crippen molar-refractivity contribution in [2.75, 3.05) is 6.26 Å². The average Bonchev–Trinajstić information content (AvgIpc) is 2.36. The van der Waals surface area contributed by atoms with Crippen LogP contribution >= 0.6 is 0 Å². The molecule has 0 aliphatic carbocycles. The van der Waals surface area contributed by atoms with Crippen LogP contribution in [0.4, 0.5) is 13.2 Å². The van der Waals surface area contributed by atoms with Crippen LogP contribution in [-0.4, -0.2) is 29.2 Å². The second-order valence-corrected chi connectivity index (χ2v) is 5.98. The molecule has 0 fully saturated rings. The van der Waals surface area contributed by atoms with Gasteiger partial charge in [0.15, 0.2) is 5.69 Å². The largest absolute Gasteiger partial charge is 0.433 e. The van der Waals surface area contributed by atoms with Crippen LogP contribution in [0.2, 0.25) is 0 Å². The predicted molar refractivity (Wildman–Crippen MR) is 65.7 cm³/mol. The smallest absolute Gasteiger partial charge is 0.269 e. The number of rotatable bonds is 2. The van der Waals surface area contributed by atoms with E-state index in [1.807, 2.05) is 0 Å². The minimum atomic E-state index is -4.87. The average molecular weight is 319 g/mol. The molecule has 112 valence electrons. The summed E-state index contributed by atoms with van der Waals surface area (Å²) in [6.45, 7) is 0. The number of sulfone groups is 1. The summed E-state index contributed by atoms with van der Waals surface area (Å²) in [5, 5.41) is -0.997. The maximum Gasteiger partial charge on any atom is 0.433 e. The lowest BCUT2D eigenvalue weighted by molar-refractivity contribution is -0.141. The molecule has 0 aromatic carbocycles. The molecule has 0 N–H and O–H groups in total. The molecule has 6 nitrogen and oxygen atoms in total. The highest BCUT2D eigenvalue weighted by atomic mass is 32.2. The monoisotopic (exact) mass is 319 g/mol. The molecule has 2 aromatic rings. The first-order valence-corrected chi connectivity index (χ1v) is 7.32. The van der Waals surface area contributed by atoms with Crippen LogP contribution in [0.5, 0.6) is 0 Å². The quantitative estimate of drug-likeness (QED) is 0.773. The highest BCUT2D eigenvalue weighted by Gasteiger charge is 2.35. The van der Waals surface area contributed by atoms with E-state index in [0.29, 0.717) is 12.3 Å². The minimum absolute atomic E-state index is 0.469. The van der Waals surface area contributed by atoms with Gasteiger partial charge in [0.1, 0.15) is 5.82 Å². The zero-order valence-electron chi connectivity index (χ0n) is 10.5. The van der Waals surface area contributed by atoms with Crippen molar-refractivity contribution in [3.8, 4) is 5.82 Å². The number of hydrogen-bond donors (Lipinski definition) is 0. The summed E-state index contributed by atoms with van der Waals surface area (Å²) in [5.74, 6) is -0.469. The minimum Gasteiger partial charge on any atom is -0.269 e. The van der Waals surface area contributed by atoms with E-state index in [0.717, 1.165) is 10.6 Å². The van der Waals surface area contributed by atoms with Gasteiger partial charge in [-0.1, -0.05) is 6.07 Å². The maximum absolute atomic E-state index is 12.8. The Balaban J connectivity index is 2.79. The molecule has 21 heavy (non-hydrogen) atoms. The van der Waals surface area contributed by atoms with Crippen LogP contribution in [0.25, 0.3) is 5.82 Å². The molecule has 0 spiro atoms. The van der Waals surface area contributed by atoms with Gasteiger partial charge in [0, 0.05) is 24.6 Å². The van der Waals surface area contributed by atoms with Gasteiger partial charge in [0.25, 0.3) is 5.56 Å². The highest BCUT2D eigenvalue weighted by molar-refractivity contribution is 7.90. The Labute approximate surface area is 116 Å². The summed E-state index contributed by atoms with van der Waals surface area (Å²) in [6, 6.07) is 4.41. The van der Waals surface area contributed by atoms with Crippen molar-refractivity contribution >= 4 is 9.84 Å². The Bertz CT molecular complexity index is 844. The molecular weight excluding hydrogens is 311 g/mol. The summed E-state index contributed by atoms with van der Waals surface area (Å²) in [4.78, 5) is 18.1. The van der Waals surface area contributed by atoms with Gasteiger partial charge in [0.2, 0.25) is 15.0 Å². The third-order valence-corrected chi connectivity index (χ3v) is 3.23. The van der Waals surface area contributed by atoms with Gasteiger partial charge in [0.05, 0.1) is 0 Å². The number of pyridine rings is 1. The number of aromatic nitrogens is 3. The normalized spacial score (nSPS) is 12.4. The maximum atomic E-state index is 12.8. The van der Waals surface area contributed by atoms with Crippen LogP contribution in [0, 0.1) is 0 Å². The van der Waals surface area contributed by atoms with Gasteiger partial charge in [-0.2, -0.15) is 13.2 Å². The summed E-state index contributed by atoms with van der Waals surface area (Å²) in [5.41, 5.74) is -2.09. The molecule has 0 unspecified atom stereocenters. The van der Waals surface area contributed by atoms with Gasteiger partial charge in [-0.05, 0) is 6.07 Å². The fourth-order valence-electron chi connectivity index (χ4n) is 1.46. The predicted octanol–water partition coefficient (Wildman–Crippen LogP) is 1.05. The summed E-state index contributed by atoms with van der Waals surface area (Å²) < 4.78 is 61.9. The summed E-state index contributed by atoms with van der Waals surface area (Å²) in [6.07, 6.45) is -3.01. The topological polar surface area (TPSA) is 81.9 Å². The molecule has 0 amide bonds. The van der Waals surface area contributed by atoms with Crippen molar-refractivity contribution in [2.24, 2.45) is 0 Å². The van der Waals surface area contributed by atoms with Crippen LogP contribution in [0.1, 0.15) is 5.69 Å². The van der Waals surface area contributed by atoms with Crippen molar-refractivity contribution < 1.29 is 21.6 Å². The second kappa shape index (κ2) is 4.95. The fraction of sp³-hybridized carbons (Fsp3) is 0.182. The van der Waals surface area contributed by atoms with E-state index >= 15 is 0 Å². The summed E-state index contributed by atoms with van der Waals surface area (Å²) in [7, 11) is -4.07. The molecule has 10 heteroatoms. The molecule has 0 radical (unpaired) electrons. The first-order chi connectivity index (χ1) is 9.59. The third kappa shape index (κ3) is 3.27. The van der Waals surface area contributed by atoms with Crippen molar-refractivity contribution in [3.05, 3.63) is 46.5 Å². The second-order valence-electron chi connectivity index (χ2n) is 4.07. The Kier molecular flexibility index (Phi) is 3.58. The van der Waals surface area contributed by atoms with E-state index in [9.17, 15) is 26.4 Å². The van der Waals surface area contributed by atoms with E-state index < -0.39 is 38.2 Å². The van der Waals surface area contributed by atoms with E-state index in [2.05, 4.69) is 9.97 Å². The molecule has 0 saturated heterocycles. The van der Waals surface area contributed by atoms with Crippen LogP contribution in [0.15, 0.2) is 40.4 Å². The van der Waals surface area contributed by atoms with Crippen molar-refractivity contribution in [1.82, 2.24) is 14.5 Å². The Hall–Kier alpha value is -2.23.